The molecule has 0 fully saturated rings. The summed E-state index contributed by atoms with van der Waals surface area (Å²) >= 11 is 0. The number of aromatic nitrogens is 1. The van der Waals surface area contributed by atoms with Gasteiger partial charge in [0, 0.05) is 31.8 Å². The van der Waals surface area contributed by atoms with Crippen LogP contribution in [0.3, 0.4) is 0 Å². The maximum Gasteiger partial charge on any atom is 0.219 e. The molecule has 1 aromatic rings. The van der Waals surface area contributed by atoms with E-state index in [1.807, 2.05) is 13.0 Å². The lowest BCUT2D eigenvalue weighted by atomic mass is 10.0. The van der Waals surface area contributed by atoms with E-state index >= 15 is 0 Å². The zero-order valence-corrected chi connectivity index (χ0v) is 12.2. The molecule has 0 aliphatic rings. The SMILES string of the molecule is CCCCc1cc(CN(C)C(C)=O)c(C=O)nc1C. The van der Waals surface area contributed by atoms with Crippen LogP contribution in [0.25, 0.3) is 0 Å². The highest BCUT2D eigenvalue weighted by atomic mass is 16.2. The van der Waals surface area contributed by atoms with Crippen LogP contribution in [-0.2, 0) is 17.8 Å². The van der Waals surface area contributed by atoms with E-state index in [9.17, 15) is 9.59 Å². The molecule has 0 bridgehead atoms. The molecule has 0 unspecified atom stereocenters. The average molecular weight is 262 g/mol. The van der Waals surface area contributed by atoms with Crippen LogP contribution in [0.5, 0.6) is 0 Å². The van der Waals surface area contributed by atoms with E-state index in [0.29, 0.717) is 12.2 Å². The predicted molar refractivity (Wildman–Crippen MR) is 75.1 cm³/mol. The lowest BCUT2D eigenvalue weighted by molar-refractivity contribution is -0.128. The summed E-state index contributed by atoms with van der Waals surface area (Å²) in [4.78, 5) is 28.3. The summed E-state index contributed by atoms with van der Waals surface area (Å²) in [6.45, 7) is 6.01. The van der Waals surface area contributed by atoms with Gasteiger partial charge >= 0.3 is 0 Å². The number of amides is 1. The number of rotatable bonds is 6. The number of nitrogens with zero attached hydrogens (tertiary/aromatic N) is 2. The summed E-state index contributed by atoms with van der Waals surface area (Å²) in [5.41, 5.74) is 3.33. The van der Waals surface area contributed by atoms with Crippen molar-refractivity contribution in [3.8, 4) is 0 Å². The molecule has 4 heteroatoms. The first kappa shape index (κ1) is 15.3. The van der Waals surface area contributed by atoms with Crippen LogP contribution in [0.4, 0.5) is 0 Å². The molecule has 0 N–H and O–H groups in total. The number of aldehydes is 1. The molecule has 104 valence electrons. The minimum atomic E-state index is -0.0208. The number of carbonyl (C=O) groups excluding carboxylic acids is 2. The van der Waals surface area contributed by atoms with Gasteiger partial charge in [0.05, 0.1) is 0 Å². The number of pyridine rings is 1. The van der Waals surface area contributed by atoms with Crippen molar-refractivity contribution in [1.82, 2.24) is 9.88 Å². The molecule has 0 saturated carbocycles. The van der Waals surface area contributed by atoms with Crippen molar-refractivity contribution in [3.63, 3.8) is 0 Å². The van der Waals surface area contributed by atoms with Gasteiger partial charge < -0.3 is 4.90 Å². The molecule has 0 aromatic carbocycles. The molecule has 0 spiro atoms. The Morgan fingerprint density at radius 2 is 2.11 bits per heavy atom. The van der Waals surface area contributed by atoms with Crippen molar-refractivity contribution in [2.24, 2.45) is 0 Å². The molecule has 19 heavy (non-hydrogen) atoms. The van der Waals surface area contributed by atoms with E-state index in [2.05, 4.69) is 11.9 Å². The fourth-order valence-corrected chi connectivity index (χ4v) is 1.93. The highest BCUT2D eigenvalue weighted by Gasteiger charge is 2.12. The zero-order chi connectivity index (χ0) is 14.4. The van der Waals surface area contributed by atoms with Crippen molar-refractivity contribution >= 4 is 12.2 Å². The van der Waals surface area contributed by atoms with E-state index in [1.165, 1.54) is 12.5 Å². The third kappa shape index (κ3) is 4.16. The van der Waals surface area contributed by atoms with Crippen LogP contribution < -0.4 is 0 Å². The highest BCUT2D eigenvalue weighted by Crippen LogP contribution is 2.16. The molecule has 0 radical (unpaired) electrons. The van der Waals surface area contributed by atoms with Gasteiger partial charge in [-0.15, -0.1) is 0 Å². The number of carbonyl (C=O) groups is 2. The van der Waals surface area contributed by atoms with E-state index in [1.54, 1.807) is 11.9 Å². The minimum absolute atomic E-state index is 0.0208. The summed E-state index contributed by atoms with van der Waals surface area (Å²) in [5, 5.41) is 0. The Bertz CT molecular complexity index is 469. The second-order valence-electron chi connectivity index (χ2n) is 4.87. The van der Waals surface area contributed by atoms with Gasteiger partial charge in [0.1, 0.15) is 5.69 Å². The Balaban J connectivity index is 3.05. The molecular weight excluding hydrogens is 240 g/mol. The monoisotopic (exact) mass is 262 g/mol. The minimum Gasteiger partial charge on any atom is -0.342 e. The van der Waals surface area contributed by atoms with E-state index in [0.717, 1.165) is 36.8 Å². The van der Waals surface area contributed by atoms with Gasteiger partial charge in [-0.25, -0.2) is 4.98 Å². The number of hydrogen-bond donors (Lipinski definition) is 0. The topological polar surface area (TPSA) is 50.3 Å². The molecule has 1 rings (SSSR count). The lowest BCUT2D eigenvalue weighted by Crippen LogP contribution is -2.24. The summed E-state index contributed by atoms with van der Waals surface area (Å²) < 4.78 is 0. The fraction of sp³-hybridized carbons (Fsp3) is 0.533. The maximum atomic E-state index is 11.3. The van der Waals surface area contributed by atoms with Crippen LogP contribution in [0, 0.1) is 6.92 Å². The van der Waals surface area contributed by atoms with Crippen LogP contribution in [0.2, 0.25) is 0 Å². The Morgan fingerprint density at radius 1 is 1.42 bits per heavy atom. The zero-order valence-electron chi connectivity index (χ0n) is 12.2. The van der Waals surface area contributed by atoms with Crippen LogP contribution in [0.1, 0.15) is 54.0 Å². The van der Waals surface area contributed by atoms with Gasteiger partial charge in [0.2, 0.25) is 5.91 Å². The summed E-state index contributed by atoms with van der Waals surface area (Å²) in [6.07, 6.45) is 3.95. The number of hydrogen-bond acceptors (Lipinski definition) is 3. The van der Waals surface area contributed by atoms with Gasteiger partial charge in [-0.3, -0.25) is 9.59 Å². The van der Waals surface area contributed by atoms with Crippen LogP contribution in [0.15, 0.2) is 6.07 Å². The standard InChI is InChI=1S/C15H22N2O2/c1-5-6-7-13-8-14(9-17(4)12(3)19)15(10-18)16-11(13)2/h8,10H,5-7,9H2,1-4H3. The third-order valence-corrected chi connectivity index (χ3v) is 3.29. The van der Waals surface area contributed by atoms with Crippen LogP contribution in [-0.4, -0.2) is 29.1 Å². The lowest BCUT2D eigenvalue weighted by Gasteiger charge is -2.17. The Hall–Kier alpha value is -1.71. The van der Waals surface area contributed by atoms with Crippen molar-refractivity contribution in [3.05, 3.63) is 28.6 Å². The Kier molecular flexibility index (Phi) is 5.67. The molecule has 1 amide bonds. The molecule has 4 nitrogen and oxygen atoms in total. The van der Waals surface area contributed by atoms with E-state index < -0.39 is 0 Å². The second kappa shape index (κ2) is 7.02. The first-order valence-corrected chi connectivity index (χ1v) is 6.65. The predicted octanol–water partition coefficient (Wildman–Crippen LogP) is 2.52. The first-order valence-electron chi connectivity index (χ1n) is 6.65. The highest BCUT2D eigenvalue weighted by molar-refractivity contribution is 5.76. The maximum absolute atomic E-state index is 11.3. The Morgan fingerprint density at radius 3 is 2.63 bits per heavy atom. The summed E-state index contributed by atoms with van der Waals surface area (Å²) in [7, 11) is 1.72. The molecule has 1 heterocycles. The normalized spacial score (nSPS) is 10.3. The molecule has 0 aliphatic heterocycles. The summed E-state index contributed by atoms with van der Waals surface area (Å²) in [5.74, 6) is -0.0208. The van der Waals surface area contributed by atoms with Crippen LogP contribution >= 0.6 is 0 Å². The van der Waals surface area contributed by atoms with Crippen molar-refractivity contribution < 1.29 is 9.59 Å². The first-order chi connectivity index (χ1) is 8.99. The van der Waals surface area contributed by atoms with Gasteiger partial charge in [-0.05, 0) is 31.4 Å². The molecule has 0 saturated heterocycles. The van der Waals surface area contributed by atoms with E-state index in [4.69, 9.17) is 0 Å². The smallest absolute Gasteiger partial charge is 0.219 e. The fourth-order valence-electron chi connectivity index (χ4n) is 1.93. The average Bonchev–Trinajstić information content (AvgIpc) is 2.38. The van der Waals surface area contributed by atoms with Gasteiger partial charge in [-0.1, -0.05) is 13.3 Å². The quantitative estimate of drug-likeness (QED) is 0.740. The van der Waals surface area contributed by atoms with Crippen molar-refractivity contribution in [2.45, 2.75) is 46.6 Å². The second-order valence-corrected chi connectivity index (χ2v) is 4.87. The number of aryl methyl sites for hydroxylation is 2. The summed E-state index contributed by atoms with van der Waals surface area (Å²) in [6, 6.07) is 2.02. The van der Waals surface area contributed by atoms with Gasteiger partial charge in [0.15, 0.2) is 6.29 Å². The van der Waals surface area contributed by atoms with Gasteiger partial charge in [0.25, 0.3) is 0 Å². The molecule has 0 aliphatic carbocycles. The third-order valence-electron chi connectivity index (χ3n) is 3.29. The largest absolute Gasteiger partial charge is 0.342 e. The molecular formula is C15H22N2O2. The van der Waals surface area contributed by atoms with Crippen molar-refractivity contribution in [1.29, 1.82) is 0 Å². The van der Waals surface area contributed by atoms with Gasteiger partial charge in [-0.2, -0.15) is 0 Å². The Labute approximate surface area is 114 Å². The molecule has 0 atom stereocenters. The molecule has 1 aromatic heterocycles. The van der Waals surface area contributed by atoms with E-state index in [-0.39, 0.29) is 5.91 Å². The number of unbranched alkanes of at least 4 members (excludes halogenated alkanes) is 1. The van der Waals surface area contributed by atoms with Crippen molar-refractivity contribution in [2.75, 3.05) is 7.05 Å².